The van der Waals surface area contributed by atoms with Crippen molar-refractivity contribution < 1.29 is 4.74 Å². The number of hydrogen-bond donors (Lipinski definition) is 0. The molecular weight excluding hydrogens is 675 g/mol. The number of anilines is 3. The van der Waals surface area contributed by atoms with Gasteiger partial charge in [0.2, 0.25) is 0 Å². The lowest BCUT2D eigenvalue weighted by Crippen LogP contribution is -2.36. The Morgan fingerprint density at radius 1 is 0.389 bits per heavy atom. The van der Waals surface area contributed by atoms with E-state index in [2.05, 4.69) is 193 Å². The van der Waals surface area contributed by atoms with E-state index in [-0.39, 0.29) is 0 Å². The molecule has 0 atom stereocenters. The summed E-state index contributed by atoms with van der Waals surface area (Å²) in [6.45, 7) is 0. The first-order valence-corrected chi connectivity index (χ1v) is 19.3. The number of fused-ring (bicyclic) bond motifs is 12. The van der Waals surface area contributed by atoms with Crippen molar-refractivity contribution in [3.63, 3.8) is 0 Å². The average Bonchev–Trinajstić information content (AvgIpc) is 3.60. The summed E-state index contributed by atoms with van der Waals surface area (Å²) in [5.41, 5.74) is 10.1. The molecule has 0 unspecified atom stereocenters. The Labute approximate surface area is 316 Å². The first kappa shape index (κ1) is 29.9. The smallest absolute Gasteiger partial charge is 0.132 e. The molecule has 0 radical (unpaired) electrons. The van der Waals surface area contributed by atoms with Crippen LogP contribution in [0.25, 0.3) is 52.8 Å². The maximum absolute atomic E-state index is 6.72. The molecule has 2 heterocycles. The predicted molar refractivity (Wildman–Crippen MR) is 226 cm³/mol. The second-order valence-corrected chi connectivity index (χ2v) is 15.5. The van der Waals surface area contributed by atoms with Crippen LogP contribution in [-0.2, 0) is 5.41 Å². The summed E-state index contributed by atoms with van der Waals surface area (Å²) >= 11 is 1.86. The Morgan fingerprint density at radius 3 is 1.85 bits per heavy atom. The number of thiophene rings is 1. The molecule has 0 amide bonds. The second kappa shape index (κ2) is 11.2. The van der Waals surface area contributed by atoms with Crippen LogP contribution >= 0.6 is 11.3 Å². The van der Waals surface area contributed by atoms with Crippen LogP contribution in [0.2, 0.25) is 0 Å². The van der Waals surface area contributed by atoms with Crippen molar-refractivity contribution in [3.05, 3.63) is 210 Å². The highest BCUT2D eigenvalue weighted by Gasteiger charge is 2.49. The zero-order valence-electron chi connectivity index (χ0n) is 29.2. The molecule has 0 saturated carbocycles. The molecule has 1 aliphatic heterocycles. The van der Waals surface area contributed by atoms with Gasteiger partial charge < -0.3 is 9.64 Å². The van der Waals surface area contributed by atoms with Crippen LogP contribution in [-0.4, -0.2) is 0 Å². The molecule has 3 heteroatoms. The Hall–Kier alpha value is -6.68. The van der Waals surface area contributed by atoms with Crippen molar-refractivity contribution in [2.24, 2.45) is 0 Å². The summed E-state index contributed by atoms with van der Waals surface area (Å²) in [7, 11) is 0. The highest BCUT2D eigenvalue weighted by molar-refractivity contribution is 7.25. The van der Waals surface area contributed by atoms with E-state index in [1.807, 2.05) is 11.3 Å². The number of benzene rings is 9. The Morgan fingerprint density at radius 2 is 1.00 bits per heavy atom. The van der Waals surface area contributed by atoms with E-state index < -0.39 is 5.41 Å². The molecule has 1 aliphatic carbocycles. The van der Waals surface area contributed by atoms with E-state index in [0.29, 0.717) is 0 Å². The summed E-state index contributed by atoms with van der Waals surface area (Å²) in [4.78, 5) is 2.45. The van der Waals surface area contributed by atoms with Crippen LogP contribution in [0.5, 0.6) is 11.5 Å². The molecule has 12 rings (SSSR count). The summed E-state index contributed by atoms with van der Waals surface area (Å²) < 4.78 is 9.30. The maximum Gasteiger partial charge on any atom is 0.132 e. The van der Waals surface area contributed by atoms with Crippen LogP contribution in [0.3, 0.4) is 0 Å². The summed E-state index contributed by atoms with van der Waals surface area (Å²) in [6, 6.07) is 69.2. The van der Waals surface area contributed by atoms with Gasteiger partial charge in [-0.1, -0.05) is 133 Å². The van der Waals surface area contributed by atoms with Crippen molar-refractivity contribution >= 4 is 70.1 Å². The maximum atomic E-state index is 6.72. The Kier molecular flexibility index (Phi) is 6.17. The fraction of sp³-hybridized carbons (Fsp3) is 0.0196. The number of para-hydroxylation sites is 2. The van der Waals surface area contributed by atoms with E-state index in [1.54, 1.807) is 0 Å². The van der Waals surface area contributed by atoms with Crippen LogP contribution < -0.4 is 9.64 Å². The van der Waals surface area contributed by atoms with Gasteiger partial charge in [0.25, 0.3) is 0 Å². The van der Waals surface area contributed by atoms with Gasteiger partial charge in [-0.05, 0) is 98.4 Å². The molecule has 252 valence electrons. The minimum absolute atomic E-state index is 0.616. The van der Waals surface area contributed by atoms with Gasteiger partial charge in [0.1, 0.15) is 11.5 Å². The third-order valence-electron chi connectivity index (χ3n) is 11.7. The first-order valence-electron chi connectivity index (χ1n) is 18.5. The van der Waals surface area contributed by atoms with Gasteiger partial charge in [-0.15, -0.1) is 11.3 Å². The summed E-state index contributed by atoms with van der Waals surface area (Å²) in [5.74, 6) is 1.79. The first-order chi connectivity index (χ1) is 26.8. The molecule has 0 bridgehead atoms. The van der Waals surface area contributed by atoms with Gasteiger partial charge in [-0.25, -0.2) is 0 Å². The zero-order chi connectivity index (χ0) is 35.4. The van der Waals surface area contributed by atoms with Gasteiger partial charge >= 0.3 is 0 Å². The SMILES string of the molecule is c1ccc2c(c1)Oc1ccccc1C21c2cc(N(c3ccc4ccccc4c3)c3ccc4c(c3)sc3ccccc34)ccc2-c2cccc3cccc1c23. The minimum atomic E-state index is -0.616. The molecule has 1 spiro atoms. The van der Waals surface area contributed by atoms with Crippen LogP contribution in [0, 0.1) is 0 Å². The van der Waals surface area contributed by atoms with Gasteiger partial charge in [-0.2, -0.15) is 0 Å². The number of hydrogen-bond acceptors (Lipinski definition) is 3. The Balaban J connectivity index is 1.19. The lowest BCUT2D eigenvalue weighted by molar-refractivity contribution is 0.435. The lowest BCUT2D eigenvalue weighted by atomic mass is 9.58. The van der Waals surface area contributed by atoms with Crippen molar-refractivity contribution in [3.8, 4) is 22.6 Å². The molecule has 0 saturated heterocycles. The topological polar surface area (TPSA) is 12.5 Å². The van der Waals surface area contributed by atoms with Gasteiger partial charge in [0.05, 0.1) is 5.41 Å². The predicted octanol–water partition coefficient (Wildman–Crippen LogP) is 14.3. The van der Waals surface area contributed by atoms with E-state index in [4.69, 9.17) is 4.74 Å². The third-order valence-corrected chi connectivity index (χ3v) is 12.8. The molecular formula is C51H31NOS. The average molecular weight is 706 g/mol. The molecule has 9 aromatic carbocycles. The molecule has 10 aromatic rings. The molecule has 0 N–H and O–H groups in total. The molecule has 2 nitrogen and oxygen atoms in total. The summed E-state index contributed by atoms with van der Waals surface area (Å²) in [5, 5.41) is 7.59. The lowest BCUT2D eigenvalue weighted by Gasteiger charge is -2.45. The Bertz CT molecular complexity index is 3120. The van der Waals surface area contributed by atoms with E-state index in [0.717, 1.165) is 39.7 Å². The normalized spacial score (nSPS) is 13.5. The highest BCUT2D eigenvalue weighted by Crippen LogP contribution is 2.61. The number of ether oxygens (including phenoxy) is 1. The monoisotopic (exact) mass is 705 g/mol. The van der Waals surface area contributed by atoms with Gasteiger partial charge in [-0.3, -0.25) is 0 Å². The number of rotatable bonds is 3. The zero-order valence-corrected chi connectivity index (χ0v) is 30.0. The molecule has 0 fully saturated rings. The quantitative estimate of drug-likeness (QED) is 0.181. The highest BCUT2D eigenvalue weighted by atomic mass is 32.1. The fourth-order valence-corrected chi connectivity index (χ4v) is 10.6. The van der Waals surface area contributed by atoms with Crippen LogP contribution in [0.4, 0.5) is 17.1 Å². The van der Waals surface area contributed by atoms with Crippen LogP contribution in [0.15, 0.2) is 188 Å². The van der Waals surface area contributed by atoms with Crippen molar-refractivity contribution in [1.82, 2.24) is 0 Å². The van der Waals surface area contributed by atoms with E-state index >= 15 is 0 Å². The van der Waals surface area contributed by atoms with Gasteiger partial charge in [0, 0.05) is 48.4 Å². The molecule has 1 aromatic heterocycles. The van der Waals surface area contributed by atoms with E-state index in [9.17, 15) is 0 Å². The standard InChI is InChI=1S/C51H31NOS/c1-2-12-34-29-35(24-23-32(34)11-1)52(37-26-28-40-39-15-3-8-22-48(39)54-49(40)31-37)36-25-27-38-41-16-9-13-33-14-10-19-44(50(33)41)51(45(38)30-36)42-17-4-6-20-46(42)53-47-21-7-5-18-43(47)51/h1-31H. The molecule has 2 aliphatic rings. The third kappa shape index (κ3) is 4.05. The molecule has 54 heavy (non-hydrogen) atoms. The minimum Gasteiger partial charge on any atom is -0.457 e. The summed E-state index contributed by atoms with van der Waals surface area (Å²) in [6.07, 6.45) is 0. The van der Waals surface area contributed by atoms with E-state index in [1.165, 1.54) is 64.0 Å². The fourth-order valence-electron chi connectivity index (χ4n) is 9.43. The van der Waals surface area contributed by atoms with Crippen molar-refractivity contribution in [2.75, 3.05) is 4.90 Å². The largest absolute Gasteiger partial charge is 0.457 e. The second-order valence-electron chi connectivity index (χ2n) is 14.4. The van der Waals surface area contributed by atoms with Crippen molar-refractivity contribution in [1.29, 1.82) is 0 Å². The van der Waals surface area contributed by atoms with Gasteiger partial charge in [0.15, 0.2) is 0 Å². The van der Waals surface area contributed by atoms with Crippen LogP contribution in [0.1, 0.15) is 22.3 Å². The number of nitrogens with zero attached hydrogens (tertiary/aromatic N) is 1. The van der Waals surface area contributed by atoms with Crippen molar-refractivity contribution in [2.45, 2.75) is 5.41 Å².